The van der Waals surface area contributed by atoms with E-state index >= 15 is 0 Å². The maximum atomic E-state index is 13.7. The predicted molar refractivity (Wildman–Crippen MR) is 117 cm³/mol. The van der Waals surface area contributed by atoms with Crippen LogP contribution in [0.15, 0.2) is 53.6 Å². The number of ether oxygens (including phenoxy) is 2. The minimum Gasteiger partial charge on any atom is -0.491 e. The Kier molecular flexibility index (Phi) is 7.03. The van der Waals surface area contributed by atoms with Gasteiger partial charge in [0.1, 0.15) is 16.4 Å². The van der Waals surface area contributed by atoms with Crippen LogP contribution in [0.25, 0.3) is 0 Å². The van der Waals surface area contributed by atoms with E-state index in [1.54, 1.807) is 0 Å². The van der Waals surface area contributed by atoms with E-state index in [1.807, 2.05) is 0 Å². The largest absolute Gasteiger partial charge is 0.491 e. The third-order valence-electron chi connectivity index (χ3n) is 4.39. The molecule has 7 nitrogen and oxygen atoms in total. The van der Waals surface area contributed by atoms with Gasteiger partial charge >= 0.3 is 6.18 Å². The van der Waals surface area contributed by atoms with Gasteiger partial charge in [-0.2, -0.15) is 13.2 Å². The summed E-state index contributed by atoms with van der Waals surface area (Å²) in [5.74, 6) is -2.85. The molecule has 0 aliphatic heterocycles. The van der Waals surface area contributed by atoms with Crippen molar-refractivity contribution in [2.75, 3.05) is 18.7 Å². The number of methoxy groups -OCH3 is 1. The number of carbonyl (C=O) groups is 1. The molecule has 180 valence electrons. The Labute approximate surface area is 196 Å². The van der Waals surface area contributed by atoms with Crippen LogP contribution in [0.2, 0.25) is 5.02 Å². The highest BCUT2D eigenvalue weighted by Gasteiger charge is 2.33. The molecule has 2 N–H and O–H groups in total. The van der Waals surface area contributed by atoms with Gasteiger partial charge in [0, 0.05) is 23.0 Å². The van der Waals surface area contributed by atoms with Gasteiger partial charge in [-0.3, -0.25) is 4.79 Å². The number of anilines is 1. The molecule has 13 heteroatoms. The van der Waals surface area contributed by atoms with Crippen molar-refractivity contribution in [1.29, 1.82) is 4.78 Å². The summed E-state index contributed by atoms with van der Waals surface area (Å²) in [4.78, 5) is 16.6. The number of rotatable bonds is 6. The number of nitrogens with zero attached hydrogens (tertiary/aromatic N) is 1. The van der Waals surface area contributed by atoms with Crippen LogP contribution in [0, 0.1) is 10.6 Å². The quantitative estimate of drug-likeness (QED) is 0.392. The van der Waals surface area contributed by atoms with E-state index in [4.69, 9.17) is 25.9 Å². The minimum absolute atomic E-state index is 0.0788. The molecule has 1 unspecified atom stereocenters. The molecule has 0 radical (unpaired) electrons. The lowest BCUT2D eigenvalue weighted by Crippen LogP contribution is -2.16. The summed E-state index contributed by atoms with van der Waals surface area (Å²) in [5.41, 5.74) is -1.74. The van der Waals surface area contributed by atoms with Crippen LogP contribution in [-0.2, 0) is 15.9 Å². The van der Waals surface area contributed by atoms with Crippen molar-refractivity contribution in [3.63, 3.8) is 0 Å². The van der Waals surface area contributed by atoms with Crippen molar-refractivity contribution in [2.24, 2.45) is 0 Å². The van der Waals surface area contributed by atoms with Gasteiger partial charge in [0.2, 0.25) is 5.88 Å². The minimum atomic E-state index is -4.81. The molecular weight excluding hydrogens is 502 g/mol. The summed E-state index contributed by atoms with van der Waals surface area (Å²) >= 11 is 5.84. The lowest BCUT2D eigenvalue weighted by atomic mass is 10.1. The molecule has 0 aliphatic rings. The summed E-state index contributed by atoms with van der Waals surface area (Å²) in [7, 11) is -1.94. The van der Waals surface area contributed by atoms with E-state index in [-0.39, 0.29) is 22.1 Å². The first-order chi connectivity index (χ1) is 15.8. The number of hydrogen-bond acceptors (Lipinski definition) is 6. The zero-order valence-corrected chi connectivity index (χ0v) is 19.1. The molecule has 2 aromatic carbocycles. The molecule has 0 fully saturated rings. The highest BCUT2D eigenvalue weighted by molar-refractivity contribution is 7.91. The molecule has 3 aromatic rings. The molecule has 0 aliphatic carbocycles. The fourth-order valence-electron chi connectivity index (χ4n) is 2.75. The van der Waals surface area contributed by atoms with Crippen LogP contribution in [0.3, 0.4) is 0 Å². The monoisotopic (exact) mass is 517 g/mol. The van der Waals surface area contributed by atoms with Gasteiger partial charge in [-0.05, 0) is 36.4 Å². The highest BCUT2D eigenvalue weighted by atomic mass is 35.5. The number of pyridine rings is 1. The first-order valence-corrected chi connectivity index (χ1v) is 11.6. The normalized spacial score (nSPS) is 13.1. The molecule has 0 bridgehead atoms. The van der Waals surface area contributed by atoms with Crippen molar-refractivity contribution >= 4 is 32.9 Å². The van der Waals surface area contributed by atoms with E-state index in [9.17, 15) is 26.6 Å². The Bertz CT molecular complexity index is 1360. The van der Waals surface area contributed by atoms with Crippen molar-refractivity contribution < 1.29 is 36.0 Å². The SMILES string of the molecule is COc1c(Oc2ncc(C(F)(F)F)cc2C(=O)Nc2cccc(S(C)(=N)=O)c2)ccc(F)c1Cl. The van der Waals surface area contributed by atoms with Crippen LogP contribution in [0.5, 0.6) is 17.4 Å². The Morgan fingerprint density at radius 1 is 1.21 bits per heavy atom. The van der Waals surface area contributed by atoms with Crippen molar-refractivity contribution in [1.82, 2.24) is 4.98 Å². The van der Waals surface area contributed by atoms with Crippen molar-refractivity contribution in [3.05, 3.63) is 70.6 Å². The van der Waals surface area contributed by atoms with E-state index in [2.05, 4.69) is 10.3 Å². The molecule has 1 amide bonds. The second-order valence-electron chi connectivity index (χ2n) is 6.89. The lowest BCUT2D eigenvalue weighted by molar-refractivity contribution is -0.137. The van der Waals surface area contributed by atoms with Gasteiger partial charge in [0.25, 0.3) is 5.91 Å². The molecule has 3 rings (SSSR count). The van der Waals surface area contributed by atoms with Gasteiger partial charge in [0.15, 0.2) is 11.5 Å². The summed E-state index contributed by atoms with van der Waals surface area (Å²) < 4.78 is 83.6. The number of aromatic nitrogens is 1. The first kappa shape index (κ1) is 25.2. The van der Waals surface area contributed by atoms with E-state index < -0.39 is 49.7 Å². The molecule has 0 saturated carbocycles. The van der Waals surface area contributed by atoms with Crippen molar-refractivity contribution in [3.8, 4) is 17.4 Å². The average Bonchev–Trinajstić information content (AvgIpc) is 2.75. The Hall–Kier alpha value is -3.38. The second-order valence-corrected chi connectivity index (χ2v) is 9.43. The summed E-state index contributed by atoms with van der Waals surface area (Å²) in [6, 6.07) is 8.09. The number of carbonyl (C=O) groups excluding carboxylic acids is 1. The van der Waals surface area contributed by atoms with Crippen LogP contribution in [0.1, 0.15) is 15.9 Å². The van der Waals surface area contributed by atoms with Crippen molar-refractivity contribution in [2.45, 2.75) is 11.1 Å². The third-order valence-corrected chi connectivity index (χ3v) is 5.90. The van der Waals surface area contributed by atoms with Crippen LogP contribution in [-0.4, -0.2) is 28.5 Å². The molecule has 1 aromatic heterocycles. The topological polar surface area (TPSA) is 101 Å². The van der Waals surface area contributed by atoms with Gasteiger partial charge in [-0.1, -0.05) is 17.7 Å². The summed E-state index contributed by atoms with van der Waals surface area (Å²) in [6.07, 6.45) is -3.16. The molecule has 1 heterocycles. The molecule has 0 spiro atoms. The van der Waals surface area contributed by atoms with E-state index in [1.165, 1.54) is 37.6 Å². The summed E-state index contributed by atoms with van der Waals surface area (Å²) in [5, 5.41) is 1.94. The highest BCUT2D eigenvalue weighted by Crippen LogP contribution is 2.40. The number of benzene rings is 2. The molecular formula is C21H16ClF4N3O4S. The maximum Gasteiger partial charge on any atom is 0.417 e. The average molecular weight is 518 g/mol. The summed E-state index contributed by atoms with van der Waals surface area (Å²) in [6.45, 7) is 0. The number of amides is 1. The fraction of sp³-hybridized carbons (Fsp3) is 0.143. The van der Waals surface area contributed by atoms with E-state index in [0.717, 1.165) is 12.1 Å². The Balaban J connectivity index is 2.05. The Morgan fingerprint density at radius 2 is 1.91 bits per heavy atom. The van der Waals surface area contributed by atoms with Gasteiger partial charge in [-0.25, -0.2) is 18.4 Å². The van der Waals surface area contributed by atoms with Gasteiger partial charge in [-0.15, -0.1) is 0 Å². The lowest BCUT2D eigenvalue weighted by Gasteiger charge is -2.16. The van der Waals surface area contributed by atoms with E-state index in [0.29, 0.717) is 12.3 Å². The molecule has 0 saturated heterocycles. The first-order valence-electron chi connectivity index (χ1n) is 9.23. The van der Waals surface area contributed by atoms with Gasteiger partial charge < -0.3 is 14.8 Å². The Morgan fingerprint density at radius 3 is 2.53 bits per heavy atom. The van der Waals surface area contributed by atoms with Gasteiger partial charge in [0.05, 0.1) is 22.4 Å². The maximum absolute atomic E-state index is 13.7. The standard InChI is InChI=1S/C21H16ClF4N3O4S/c1-32-18-16(7-6-15(23)17(18)22)33-20-14(8-11(10-28-20)21(24,25)26)19(30)29-12-4-3-5-13(9-12)34(2,27)31/h3-10,27H,1-2H3,(H,29,30). The van der Waals surface area contributed by atoms with Crippen LogP contribution < -0.4 is 14.8 Å². The molecule has 34 heavy (non-hydrogen) atoms. The fourth-order valence-corrected chi connectivity index (χ4v) is 3.68. The number of hydrogen-bond donors (Lipinski definition) is 2. The predicted octanol–water partition coefficient (Wildman–Crippen LogP) is 5.98. The number of nitrogens with one attached hydrogen (secondary N) is 2. The number of halogens is 5. The van der Waals surface area contributed by atoms with Crippen LogP contribution >= 0.6 is 11.6 Å². The zero-order chi connectivity index (χ0) is 25.3. The second kappa shape index (κ2) is 9.47. The van der Waals surface area contributed by atoms with Crippen LogP contribution in [0.4, 0.5) is 23.2 Å². The zero-order valence-electron chi connectivity index (χ0n) is 17.5. The third kappa shape index (κ3) is 5.57. The molecule has 1 atom stereocenters. The number of alkyl halides is 3. The smallest absolute Gasteiger partial charge is 0.417 e.